The van der Waals surface area contributed by atoms with E-state index in [1.807, 2.05) is 0 Å². The Labute approximate surface area is 94.5 Å². The topological polar surface area (TPSA) is 12.0 Å². The lowest BCUT2D eigenvalue weighted by molar-refractivity contribution is 0.796. The average Bonchev–Trinajstić information content (AvgIpc) is 2.30. The lowest BCUT2D eigenvalue weighted by Crippen LogP contribution is -2.30. The molecule has 0 aromatic heterocycles. The van der Waals surface area contributed by atoms with Gasteiger partial charge in [0.25, 0.3) is 0 Å². The van der Waals surface area contributed by atoms with Gasteiger partial charge in [-0.2, -0.15) is 0 Å². The third-order valence-corrected chi connectivity index (χ3v) is 6.89. The maximum atomic E-state index is 3.59. The lowest BCUT2D eigenvalue weighted by atomic mass is 10.0. The van der Waals surface area contributed by atoms with Crippen molar-refractivity contribution in [1.82, 2.24) is 0 Å². The number of benzene rings is 1. The molecule has 1 nitrogen and oxygen atoms in total. The van der Waals surface area contributed by atoms with Crippen LogP contribution in [0.15, 0.2) is 24.3 Å². The predicted octanol–water partition coefficient (Wildman–Crippen LogP) is 3.56. The Morgan fingerprint density at radius 2 is 2.00 bits per heavy atom. The van der Waals surface area contributed by atoms with E-state index < -0.39 is 0 Å². The fourth-order valence-corrected chi connectivity index (χ4v) is 5.11. The van der Waals surface area contributed by atoms with E-state index >= 15 is 0 Å². The minimum absolute atomic E-state index is 0.128. The summed E-state index contributed by atoms with van der Waals surface area (Å²) in [4.78, 5) is 0. The quantitative estimate of drug-likeness (QED) is 0.765. The van der Waals surface area contributed by atoms with Crippen LogP contribution in [0.25, 0.3) is 0 Å². The van der Waals surface area contributed by atoms with Gasteiger partial charge in [0, 0.05) is 12.2 Å². The van der Waals surface area contributed by atoms with Gasteiger partial charge in [0.15, 0.2) is 0 Å². The molecule has 1 N–H and O–H groups in total. The number of hydrogen-bond donors (Lipinski definition) is 1. The normalized spacial score (nSPS) is 19.8. The van der Waals surface area contributed by atoms with E-state index in [0.29, 0.717) is 0 Å². The fourth-order valence-electron chi connectivity index (χ4n) is 2.56. The van der Waals surface area contributed by atoms with Crippen molar-refractivity contribution in [2.75, 3.05) is 11.9 Å². The molecule has 0 saturated carbocycles. The van der Waals surface area contributed by atoms with Crippen molar-refractivity contribution in [1.29, 1.82) is 0 Å². The van der Waals surface area contributed by atoms with Gasteiger partial charge >= 0.3 is 0 Å². The number of rotatable bonds is 3. The summed E-state index contributed by atoms with van der Waals surface area (Å²) in [5, 5.41) is 3.59. The number of nitrogens with one attached hydrogen (secondary N) is 1. The van der Waals surface area contributed by atoms with Crippen LogP contribution in [0.2, 0.25) is 17.6 Å². The Balaban J connectivity index is 2.11. The second-order valence-electron chi connectivity index (χ2n) is 4.30. The molecule has 0 amide bonds. The molecule has 0 aliphatic carbocycles. The highest BCUT2D eigenvalue weighted by Crippen LogP contribution is 2.31. The van der Waals surface area contributed by atoms with Crippen LogP contribution < -0.4 is 5.32 Å². The van der Waals surface area contributed by atoms with E-state index in [1.54, 1.807) is 0 Å². The van der Waals surface area contributed by atoms with Crippen LogP contribution >= 0.6 is 0 Å². The van der Waals surface area contributed by atoms with E-state index in [-0.39, 0.29) is 8.80 Å². The molecule has 1 radical (unpaired) electrons. The van der Waals surface area contributed by atoms with Crippen LogP contribution in [0.5, 0.6) is 0 Å². The smallest absolute Gasteiger partial charge is 0.0530 e. The highest BCUT2D eigenvalue weighted by atomic mass is 28.3. The number of anilines is 1. The highest BCUT2D eigenvalue weighted by molar-refractivity contribution is 6.60. The van der Waals surface area contributed by atoms with Crippen LogP contribution in [0, 0.1) is 0 Å². The van der Waals surface area contributed by atoms with Gasteiger partial charge in [0.05, 0.1) is 8.80 Å². The summed E-state index contributed by atoms with van der Waals surface area (Å²) in [6.07, 6.45) is 1.30. The lowest BCUT2D eigenvalue weighted by Gasteiger charge is -2.30. The minimum Gasteiger partial charge on any atom is -0.385 e. The Kier molecular flexibility index (Phi) is 3.47. The summed E-state index contributed by atoms with van der Waals surface area (Å²) in [6, 6.07) is 11.6. The molecule has 1 aromatic carbocycles. The van der Waals surface area contributed by atoms with Gasteiger partial charge in [-0.05, 0) is 23.6 Å². The molecule has 2 heteroatoms. The molecule has 0 bridgehead atoms. The van der Waals surface area contributed by atoms with Gasteiger partial charge in [0.1, 0.15) is 0 Å². The standard InChI is InChI=1S/C13H20NSi/c1-3-15(4-2)12-9-11-7-5-6-8-13(11)14-10-12/h5-8,12,14H,3-4,9-10H2,1-2H3. The van der Waals surface area contributed by atoms with E-state index in [4.69, 9.17) is 0 Å². The van der Waals surface area contributed by atoms with E-state index in [9.17, 15) is 0 Å². The van der Waals surface area contributed by atoms with Crippen molar-refractivity contribution < 1.29 is 0 Å². The Bertz CT molecular complexity index is 320. The maximum absolute atomic E-state index is 3.59. The molecule has 1 aliphatic heterocycles. The third kappa shape index (κ3) is 2.25. The van der Waals surface area contributed by atoms with Crippen LogP contribution in [-0.2, 0) is 6.42 Å². The highest BCUT2D eigenvalue weighted by Gasteiger charge is 2.24. The molecular weight excluding hydrogens is 198 g/mol. The molecule has 0 saturated heterocycles. The molecule has 1 aromatic rings. The number of fused-ring (bicyclic) bond motifs is 1. The molecule has 1 heterocycles. The molecular formula is C13H20NSi. The molecule has 15 heavy (non-hydrogen) atoms. The van der Waals surface area contributed by atoms with Crippen LogP contribution in [0.3, 0.4) is 0 Å². The first-order valence-corrected chi connectivity index (χ1v) is 8.00. The summed E-state index contributed by atoms with van der Waals surface area (Å²) in [5.41, 5.74) is 3.82. The SMILES string of the molecule is CC[Si](CC)C1CNc2ccccc2C1. The van der Waals surface area contributed by atoms with Crippen molar-refractivity contribution in [3.8, 4) is 0 Å². The number of para-hydroxylation sites is 1. The largest absolute Gasteiger partial charge is 0.385 e. The van der Waals surface area contributed by atoms with Crippen molar-refractivity contribution in [3.05, 3.63) is 29.8 Å². The first kappa shape index (κ1) is 10.7. The fraction of sp³-hybridized carbons (Fsp3) is 0.538. The van der Waals surface area contributed by atoms with Crippen LogP contribution in [-0.4, -0.2) is 15.3 Å². The van der Waals surface area contributed by atoms with Crippen molar-refractivity contribution >= 4 is 14.5 Å². The van der Waals surface area contributed by atoms with Gasteiger partial charge in [-0.25, -0.2) is 0 Å². The van der Waals surface area contributed by atoms with Crippen LogP contribution in [0.1, 0.15) is 19.4 Å². The predicted molar refractivity (Wildman–Crippen MR) is 69.1 cm³/mol. The average molecular weight is 218 g/mol. The first-order chi connectivity index (χ1) is 7.35. The Hall–Kier alpha value is -0.763. The summed E-state index contributed by atoms with van der Waals surface area (Å²) < 4.78 is 0. The van der Waals surface area contributed by atoms with Gasteiger partial charge in [-0.1, -0.05) is 44.1 Å². The summed E-state index contributed by atoms with van der Waals surface area (Å²) in [7, 11) is -0.128. The summed E-state index contributed by atoms with van der Waals surface area (Å²) in [6.45, 7) is 5.92. The molecule has 1 atom stereocenters. The second kappa shape index (κ2) is 4.84. The molecule has 81 valence electrons. The van der Waals surface area contributed by atoms with Gasteiger partial charge in [-0.3, -0.25) is 0 Å². The zero-order valence-corrected chi connectivity index (χ0v) is 10.7. The van der Waals surface area contributed by atoms with Crippen molar-refractivity contribution in [3.63, 3.8) is 0 Å². The van der Waals surface area contributed by atoms with E-state index in [0.717, 1.165) is 5.54 Å². The van der Waals surface area contributed by atoms with Crippen molar-refractivity contribution in [2.45, 2.75) is 37.9 Å². The van der Waals surface area contributed by atoms with Gasteiger partial charge in [0.2, 0.25) is 0 Å². The zero-order chi connectivity index (χ0) is 10.7. The van der Waals surface area contributed by atoms with E-state index in [1.165, 1.54) is 36.3 Å². The first-order valence-electron chi connectivity index (χ1n) is 6.01. The zero-order valence-electron chi connectivity index (χ0n) is 9.72. The maximum Gasteiger partial charge on any atom is 0.0530 e. The van der Waals surface area contributed by atoms with E-state index in [2.05, 4.69) is 43.4 Å². The molecule has 0 spiro atoms. The second-order valence-corrected chi connectivity index (χ2v) is 7.85. The monoisotopic (exact) mass is 218 g/mol. The summed E-state index contributed by atoms with van der Waals surface area (Å²) in [5.74, 6) is 0. The molecule has 1 unspecified atom stereocenters. The van der Waals surface area contributed by atoms with Gasteiger partial charge in [-0.15, -0.1) is 0 Å². The third-order valence-electron chi connectivity index (χ3n) is 3.51. The van der Waals surface area contributed by atoms with Crippen molar-refractivity contribution in [2.24, 2.45) is 0 Å². The Morgan fingerprint density at radius 1 is 1.27 bits per heavy atom. The number of hydrogen-bond acceptors (Lipinski definition) is 1. The minimum atomic E-state index is -0.128. The van der Waals surface area contributed by atoms with Gasteiger partial charge < -0.3 is 5.32 Å². The summed E-state index contributed by atoms with van der Waals surface area (Å²) >= 11 is 0. The van der Waals surface area contributed by atoms with Crippen LogP contribution in [0.4, 0.5) is 5.69 Å². The molecule has 1 aliphatic rings. The Morgan fingerprint density at radius 3 is 2.73 bits per heavy atom. The molecule has 0 fully saturated rings. The molecule has 2 rings (SSSR count).